The lowest BCUT2D eigenvalue weighted by Gasteiger charge is -2.41. The first-order valence-electron chi connectivity index (χ1n) is 14.6. The summed E-state index contributed by atoms with van der Waals surface area (Å²) in [5, 5.41) is 9.12. The Balaban J connectivity index is 1.35. The smallest absolute Gasteiger partial charge is 0.324 e. The molecule has 2 fully saturated rings. The van der Waals surface area contributed by atoms with E-state index in [1.165, 1.54) is 11.3 Å². The van der Waals surface area contributed by atoms with Crippen molar-refractivity contribution in [3.05, 3.63) is 58.6 Å². The van der Waals surface area contributed by atoms with E-state index in [-0.39, 0.29) is 17.2 Å². The highest BCUT2D eigenvalue weighted by Crippen LogP contribution is 2.38. The molecule has 2 aliphatic rings. The van der Waals surface area contributed by atoms with Gasteiger partial charge in [-0.3, -0.25) is 19.9 Å². The van der Waals surface area contributed by atoms with Gasteiger partial charge >= 0.3 is 6.03 Å². The molecule has 0 bridgehead atoms. The van der Waals surface area contributed by atoms with Crippen molar-refractivity contribution in [3.8, 4) is 11.3 Å². The Labute approximate surface area is 256 Å². The van der Waals surface area contributed by atoms with Crippen LogP contribution in [0, 0.1) is 6.92 Å². The maximum absolute atomic E-state index is 13.8. The van der Waals surface area contributed by atoms with E-state index < -0.39 is 11.6 Å². The summed E-state index contributed by atoms with van der Waals surface area (Å²) in [5.41, 5.74) is 3.56. The van der Waals surface area contributed by atoms with Gasteiger partial charge in [0, 0.05) is 42.3 Å². The number of urea groups is 1. The molecule has 0 unspecified atom stereocenters. The number of hydrogen-bond donors (Lipinski definition) is 3. The highest BCUT2D eigenvalue weighted by Gasteiger charge is 2.42. The van der Waals surface area contributed by atoms with Gasteiger partial charge < -0.3 is 25.2 Å². The largest absolute Gasteiger partial charge is 0.378 e. The van der Waals surface area contributed by atoms with Gasteiger partial charge in [-0.1, -0.05) is 26.8 Å². The van der Waals surface area contributed by atoms with Crippen molar-refractivity contribution in [1.29, 1.82) is 0 Å². The number of piperazine rings is 1. The number of amides is 4. The molecule has 2 aliphatic heterocycles. The first kappa shape index (κ1) is 30.5. The summed E-state index contributed by atoms with van der Waals surface area (Å²) in [5.74, 6) is -0.489. The van der Waals surface area contributed by atoms with Crippen LogP contribution in [0.15, 0.2) is 42.6 Å². The third-order valence-corrected chi connectivity index (χ3v) is 9.40. The molecule has 2 saturated heterocycles. The number of rotatable bonds is 5. The maximum Gasteiger partial charge on any atom is 0.324 e. The van der Waals surface area contributed by atoms with Crippen LogP contribution in [0.4, 0.5) is 21.2 Å². The number of aromatic nitrogens is 1. The Morgan fingerprint density at radius 3 is 2.47 bits per heavy atom. The van der Waals surface area contributed by atoms with Gasteiger partial charge in [0.05, 0.1) is 36.4 Å². The van der Waals surface area contributed by atoms with Gasteiger partial charge in [-0.15, -0.1) is 11.3 Å². The van der Waals surface area contributed by atoms with Crippen molar-refractivity contribution >= 4 is 45.6 Å². The monoisotopic (exact) mass is 604 g/mol. The van der Waals surface area contributed by atoms with E-state index >= 15 is 0 Å². The average Bonchev–Trinajstić information content (AvgIpc) is 3.40. The minimum Gasteiger partial charge on any atom is -0.378 e. The fourth-order valence-corrected chi connectivity index (χ4v) is 6.31. The van der Waals surface area contributed by atoms with E-state index in [0.29, 0.717) is 42.6 Å². The topological polar surface area (TPSA) is 116 Å². The number of aryl methyl sites for hydroxylation is 1. The van der Waals surface area contributed by atoms with Gasteiger partial charge in [0.15, 0.2) is 0 Å². The number of morpholine rings is 1. The quantitative estimate of drug-likeness (QED) is 0.367. The number of nitrogens with zero attached hydrogens (tertiary/aromatic N) is 3. The normalized spacial score (nSPS) is 16.9. The van der Waals surface area contributed by atoms with E-state index in [1.54, 1.807) is 18.7 Å². The Morgan fingerprint density at radius 1 is 1.05 bits per heavy atom. The molecule has 3 aromatic rings. The molecule has 228 valence electrons. The zero-order valence-corrected chi connectivity index (χ0v) is 26.5. The Kier molecular flexibility index (Phi) is 8.49. The molecule has 5 rings (SSSR count). The SMILES string of the molecule is Cc1ccc(NC(=O)Nc2sc(C(C)(C)C)cc2C(=O)N2CCNC(=O)C2(C)C)cc1-c1ccc(N2CCOCC2)cn1. The molecule has 43 heavy (non-hydrogen) atoms. The molecule has 2 aromatic heterocycles. The summed E-state index contributed by atoms with van der Waals surface area (Å²) in [7, 11) is 0. The second-order valence-corrected chi connectivity index (χ2v) is 13.5. The van der Waals surface area contributed by atoms with Gasteiger partial charge in [0.2, 0.25) is 5.91 Å². The molecule has 10 nitrogen and oxygen atoms in total. The summed E-state index contributed by atoms with van der Waals surface area (Å²) in [6.07, 6.45) is 1.88. The van der Waals surface area contributed by atoms with E-state index in [1.807, 2.05) is 43.5 Å². The van der Waals surface area contributed by atoms with Crippen LogP contribution in [0.5, 0.6) is 0 Å². The van der Waals surface area contributed by atoms with E-state index in [2.05, 4.69) is 47.7 Å². The van der Waals surface area contributed by atoms with Crippen molar-refractivity contribution in [2.45, 2.75) is 52.5 Å². The van der Waals surface area contributed by atoms with Gasteiger partial charge in [0.25, 0.3) is 5.91 Å². The number of carbonyl (C=O) groups excluding carboxylic acids is 3. The zero-order valence-electron chi connectivity index (χ0n) is 25.7. The highest BCUT2D eigenvalue weighted by atomic mass is 32.1. The minimum atomic E-state index is -1.01. The molecule has 0 aliphatic carbocycles. The molecule has 11 heteroatoms. The molecule has 0 spiro atoms. The standard InChI is InChI=1S/C32H40N6O4S/c1-20-7-8-21(17-23(20)25-10-9-22(19-34-25)37-13-15-42-16-14-37)35-30(41)36-27-24(18-26(43-27)31(2,3)4)28(39)38-12-11-33-29(40)32(38,5)6/h7-10,17-19H,11-16H2,1-6H3,(H,33,40)(H2,35,36,41). The Bertz CT molecular complexity index is 1520. The van der Waals surface area contributed by atoms with Crippen LogP contribution < -0.4 is 20.9 Å². The van der Waals surface area contributed by atoms with Crippen molar-refractivity contribution in [3.63, 3.8) is 0 Å². The molecular formula is C32H40N6O4S. The lowest BCUT2D eigenvalue weighted by molar-refractivity contribution is -0.133. The summed E-state index contributed by atoms with van der Waals surface area (Å²) < 4.78 is 5.45. The third-order valence-electron chi connectivity index (χ3n) is 7.92. The highest BCUT2D eigenvalue weighted by molar-refractivity contribution is 7.16. The van der Waals surface area contributed by atoms with Gasteiger partial charge in [-0.05, 0) is 62.1 Å². The number of nitrogens with one attached hydrogen (secondary N) is 3. The summed E-state index contributed by atoms with van der Waals surface area (Å²) in [6.45, 7) is 15.5. The van der Waals surface area contributed by atoms with Crippen LogP contribution in [0.25, 0.3) is 11.3 Å². The second-order valence-electron chi connectivity index (χ2n) is 12.5. The predicted octanol–water partition coefficient (Wildman–Crippen LogP) is 5.25. The average molecular weight is 605 g/mol. The summed E-state index contributed by atoms with van der Waals surface area (Å²) >= 11 is 1.37. The fourth-order valence-electron chi connectivity index (χ4n) is 5.21. The number of thiophene rings is 1. The number of ether oxygens (including phenoxy) is 1. The van der Waals surface area contributed by atoms with E-state index in [9.17, 15) is 14.4 Å². The summed E-state index contributed by atoms with van der Waals surface area (Å²) in [4.78, 5) is 49.1. The van der Waals surface area contributed by atoms with Gasteiger partial charge in [-0.25, -0.2) is 4.79 Å². The number of carbonyl (C=O) groups is 3. The molecule has 1 aromatic carbocycles. The number of benzene rings is 1. The Morgan fingerprint density at radius 2 is 1.79 bits per heavy atom. The molecule has 3 N–H and O–H groups in total. The molecule has 4 amide bonds. The molecule has 0 radical (unpaired) electrons. The van der Waals surface area contributed by atoms with Crippen molar-refractivity contribution < 1.29 is 19.1 Å². The first-order valence-corrected chi connectivity index (χ1v) is 15.4. The van der Waals surface area contributed by atoms with Gasteiger partial charge in [0.1, 0.15) is 10.5 Å². The fraction of sp³-hybridized carbons (Fsp3) is 0.438. The van der Waals surface area contributed by atoms with Crippen LogP contribution in [0.1, 0.15) is 55.4 Å². The van der Waals surface area contributed by atoms with Crippen LogP contribution in [-0.2, 0) is 14.9 Å². The number of anilines is 3. The van der Waals surface area contributed by atoms with Crippen molar-refractivity contribution in [1.82, 2.24) is 15.2 Å². The van der Waals surface area contributed by atoms with Crippen molar-refractivity contribution in [2.75, 3.05) is 54.9 Å². The minimum absolute atomic E-state index is 0.203. The van der Waals surface area contributed by atoms with E-state index in [4.69, 9.17) is 9.72 Å². The van der Waals surface area contributed by atoms with Crippen LogP contribution in [-0.4, -0.2) is 72.7 Å². The lowest BCUT2D eigenvalue weighted by Crippen LogP contribution is -2.63. The summed E-state index contributed by atoms with van der Waals surface area (Å²) in [6, 6.07) is 11.1. The predicted molar refractivity (Wildman–Crippen MR) is 171 cm³/mol. The Hall–Kier alpha value is -3.96. The molecule has 0 saturated carbocycles. The van der Waals surface area contributed by atoms with Crippen LogP contribution >= 0.6 is 11.3 Å². The third kappa shape index (κ3) is 6.52. The molecule has 0 atom stereocenters. The van der Waals surface area contributed by atoms with Crippen LogP contribution in [0.2, 0.25) is 0 Å². The molecular weight excluding hydrogens is 564 g/mol. The first-order chi connectivity index (χ1) is 20.3. The van der Waals surface area contributed by atoms with Crippen LogP contribution in [0.3, 0.4) is 0 Å². The second kappa shape index (κ2) is 12.0. The van der Waals surface area contributed by atoms with E-state index in [0.717, 1.165) is 40.5 Å². The number of hydrogen-bond acceptors (Lipinski definition) is 7. The zero-order chi connectivity index (χ0) is 30.9. The molecule has 4 heterocycles. The van der Waals surface area contributed by atoms with Crippen molar-refractivity contribution in [2.24, 2.45) is 0 Å². The maximum atomic E-state index is 13.8. The number of pyridine rings is 1. The lowest BCUT2D eigenvalue weighted by atomic mass is 9.93. The van der Waals surface area contributed by atoms with Gasteiger partial charge in [-0.2, -0.15) is 0 Å².